The normalized spacial score (nSPS) is 19.2. The predicted octanol–water partition coefficient (Wildman–Crippen LogP) is 7.16. The molecule has 0 radical (unpaired) electrons. The Morgan fingerprint density at radius 3 is 1.52 bits per heavy atom. The maximum absolute atomic E-state index is 11.8. The zero-order valence-corrected chi connectivity index (χ0v) is 31.7. The molecule has 3 aliphatic rings. The van der Waals surface area contributed by atoms with Crippen molar-refractivity contribution in [2.24, 2.45) is 17.8 Å². The summed E-state index contributed by atoms with van der Waals surface area (Å²) in [6, 6.07) is 30.3. The van der Waals surface area contributed by atoms with E-state index in [0.717, 1.165) is 108 Å². The number of piperidine rings is 3. The molecule has 282 valence electrons. The molecular formula is C45H63N3O4. The maximum atomic E-state index is 11.8. The molecule has 7 heteroatoms. The predicted molar refractivity (Wildman–Crippen MR) is 213 cm³/mol. The number of rotatable bonds is 11. The average molecular weight is 710 g/mol. The van der Waals surface area contributed by atoms with Crippen molar-refractivity contribution in [2.75, 3.05) is 59.0 Å². The third kappa shape index (κ3) is 11.5. The molecule has 3 aromatic carbocycles. The first-order valence-corrected chi connectivity index (χ1v) is 19.4. The van der Waals surface area contributed by atoms with Crippen molar-refractivity contribution in [1.29, 1.82) is 0 Å². The summed E-state index contributed by atoms with van der Waals surface area (Å²) in [4.78, 5) is 15.9. The highest BCUT2D eigenvalue weighted by Gasteiger charge is 2.41. The van der Waals surface area contributed by atoms with Gasteiger partial charge in [0, 0.05) is 13.1 Å². The number of carbonyl (C=O) groups is 1. The van der Waals surface area contributed by atoms with Crippen molar-refractivity contribution < 1.29 is 19.7 Å². The van der Waals surface area contributed by atoms with Crippen molar-refractivity contribution in [3.8, 4) is 0 Å². The van der Waals surface area contributed by atoms with E-state index in [4.69, 9.17) is 4.74 Å². The number of hydrogen-bond donors (Lipinski definition) is 3. The number of ether oxygens (including phenoxy) is 1. The van der Waals surface area contributed by atoms with E-state index in [1.807, 2.05) is 117 Å². The van der Waals surface area contributed by atoms with E-state index < -0.39 is 11.2 Å². The number of esters is 1. The van der Waals surface area contributed by atoms with Crippen LogP contribution in [0, 0.1) is 17.8 Å². The number of aliphatic hydroxyl groups is 2. The summed E-state index contributed by atoms with van der Waals surface area (Å²) in [6.07, 6.45) is 9.86. The fourth-order valence-corrected chi connectivity index (χ4v) is 7.93. The lowest BCUT2D eigenvalue weighted by Gasteiger charge is -2.42. The highest BCUT2D eigenvalue weighted by Crippen LogP contribution is 2.42. The number of carbonyl (C=O) groups excluding carboxylic acids is 1. The van der Waals surface area contributed by atoms with Crippen molar-refractivity contribution in [2.45, 2.75) is 63.6 Å². The molecular weight excluding hydrogens is 647 g/mol. The fourth-order valence-electron chi connectivity index (χ4n) is 7.93. The molecule has 3 aliphatic heterocycles. The van der Waals surface area contributed by atoms with Gasteiger partial charge in [0.15, 0.2) is 0 Å². The average Bonchev–Trinajstić information content (AvgIpc) is 3.20. The van der Waals surface area contributed by atoms with Crippen LogP contribution in [0.15, 0.2) is 116 Å². The Morgan fingerprint density at radius 1 is 0.712 bits per heavy atom. The molecule has 0 aliphatic carbocycles. The zero-order valence-electron chi connectivity index (χ0n) is 31.7. The second-order valence-electron chi connectivity index (χ2n) is 14.5. The highest BCUT2D eigenvalue weighted by atomic mass is 16.5. The molecule has 7 nitrogen and oxygen atoms in total. The molecule has 52 heavy (non-hydrogen) atoms. The van der Waals surface area contributed by atoms with Gasteiger partial charge in [-0.05, 0) is 120 Å². The smallest absolute Gasteiger partial charge is 0.309 e. The third-order valence-corrected chi connectivity index (χ3v) is 11.1. The molecule has 6 rings (SSSR count). The number of nitrogens with zero attached hydrogens (tertiary/aromatic N) is 2. The van der Waals surface area contributed by atoms with Crippen LogP contribution < -0.4 is 5.32 Å². The van der Waals surface area contributed by atoms with Crippen LogP contribution in [-0.2, 0) is 20.7 Å². The largest absolute Gasteiger partial charge is 0.466 e. The first-order chi connectivity index (χ1) is 25.2. The van der Waals surface area contributed by atoms with Crippen molar-refractivity contribution in [1.82, 2.24) is 15.1 Å². The van der Waals surface area contributed by atoms with Gasteiger partial charge >= 0.3 is 5.97 Å². The topological polar surface area (TPSA) is 85.3 Å². The van der Waals surface area contributed by atoms with Gasteiger partial charge in [0.05, 0.1) is 18.1 Å². The van der Waals surface area contributed by atoms with E-state index in [9.17, 15) is 15.0 Å². The molecule has 1 unspecified atom stereocenters. The number of benzene rings is 3. The minimum Gasteiger partial charge on any atom is -0.466 e. The van der Waals surface area contributed by atoms with E-state index in [-0.39, 0.29) is 17.8 Å². The number of nitrogens with one attached hydrogen (secondary N) is 1. The lowest BCUT2D eigenvalue weighted by atomic mass is 9.72. The monoisotopic (exact) mass is 709 g/mol. The Labute approximate surface area is 313 Å². The van der Waals surface area contributed by atoms with Crippen molar-refractivity contribution >= 4 is 5.97 Å². The summed E-state index contributed by atoms with van der Waals surface area (Å²) >= 11 is 0. The molecule has 3 saturated heterocycles. The van der Waals surface area contributed by atoms with Crippen molar-refractivity contribution in [3.63, 3.8) is 0 Å². The minimum absolute atomic E-state index is 0.0194. The molecule has 0 aromatic heterocycles. The van der Waals surface area contributed by atoms with E-state index in [1.54, 1.807) is 0 Å². The fraction of sp³-hybridized carbons (Fsp3) is 0.489. The lowest BCUT2D eigenvalue weighted by Crippen LogP contribution is -2.44. The van der Waals surface area contributed by atoms with Gasteiger partial charge in [0.2, 0.25) is 0 Å². The van der Waals surface area contributed by atoms with Crippen LogP contribution >= 0.6 is 0 Å². The van der Waals surface area contributed by atoms with Crippen LogP contribution in [0.4, 0.5) is 0 Å². The second-order valence-corrected chi connectivity index (χ2v) is 14.5. The van der Waals surface area contributed by atoms with E-state index in [1.165, 1.54) is 0 Å². The number of hydrogen-bond acceptors (Lipinski definition) is 7. The van der Waals surface area contributed by atoms with Gasteiger partial charge in [-0.1, -0.05) is 103 Å². The van der Waals surface area contributed by atoms with Gasteiger partial charge in [0.25, 0.3) is 0 Å². The van der Waals surface area contributed by atoms with Gasteiger partial charge in [-0.3, -0.25) is 14.6 Å². The Balaban J connectivity index is 0.000000186. The molecule has 3 heterocycles. The van der Waals surface area contributed by atoms with Crippen molar-refractivity contribution in [3.05, 3.63) is 133 Å². The maximum Gasteiger partial charge on any atom is 0.309 e. The zero-order chi connectivity index (χ0) is 37.2. The summed E-state index contributed by atoms with van der Waals surface area (Å²) in [5.41, 5.74) is 1.40. The van der Waals surface area contributed by atoms with Gasteiger partial charge in [0.1, 0.15) is 5.60 Å². The van der Waals surface area contributed by atoms with E-state index in [2.05, 4.69) is 28.3 Å². The molecule has 0 spiro atoms. The molecule has 0 saturated carbocycles. The third-order valence-electron chi connectivity index (χ3n) is 11.1. The first-order valence-electron chi connectivity index (χ1n) is 19.4. The van der Waals surface area contributed by atoms with Crippen LogP contribution in [0.5, 0.6) is 0 Å². The van der Waals surface area contributed by atoms with Gasteiger partial charge < -0.3 is 20.3 Å². The summed E-state index contributed by atoms with van der Waals surface area (Å²) in [5.74, 6) is 0.708. The van der Waals surface area contributed by atoms with Crippen LogP contribution in [0.1, 0.15) is 69.1 Å². The molecule has 1 atom stereocenters. The lowest BCUT2D eigenvalue weighted by molar-refractivity contribution is -0.148. The van der Waals surface area contributed by atoms with Crippen LogP contribution in [0.3, 0.4) is 0 Å². The second kappa shape index (κ2) is 21.2. The summed E-state index contributed by atoms with van der Waals surface area (Å²) in [6.45, 7) is 19.8. The van der Waals surface area contributed by atoms with Gasteiger partial charge in [-0.25, -0.2) is 0 Å². The van der Waals surface area contributed by atoms with E-state index >= 15 is 0 Å². The first kappa shape index (κ1) is 41.2. The van der Waals surface area contributed by atoms with Crippen LogP contribution in [0.25, 0.3) is 0 Å². The van der Waals surface area contributed by atoms with E-state index in [0.29, 0.717) is 12.5 Å². The molecule has 0 amide bonds. The Kier molecular flexibility index (Phi) is 16.8. The SMILES string of the molecule is C=CCN1CCC(C(C)(O)c2ccccc2)CC1.C=CCN1CCC(C(O)(c2ccccc2)c2ccccc2)CC1.CCOC(=O)C1CCNCC1. The summed E-state index contributed by atoms with van der Waals surface area (Å²) in [5, 5.41) is 25.7. The summed E-state index contributed by atoms with van der Waals surface area (Å²) < 4.78 is 4.91. The number of likely N-dealkylation sites (tertiary alicyclic amines) is 2. The van der Waals surface area contributed by atoms with Gasteiger partial charge in [-0.2, -0.15) is 0 Å². The molecule has 3 N–H and O–H groups in total. The minimum atomic E-state index is -0.914. The molecule has 3 aromatic rings. The van der Waals surface area contributed by atoms with Crippen LogP contribution in [-0.4, -0.2) is 84.9 Å². The Bertz CT molecular complexity index is 1400. The summed E-state index contributed by atoms with van der Waals surface area (Å²) in [7, 11) is 0. The quantitative estimate of drug-likeness (QED) is 0.144. The molecule has 0 bridgehead atoms. The van der Waals surface area contributed by atoms with Gasteiger partial charge in [-0.15, -0.1) is 13.2 Å². The Morgan fingerprint density at radius 2 is 1.12 bits per heavy atom. The molecule has 3 fully saturated rings. The highest BCUT2D eigenvalue weighted by molar-refractivity contribution is 5.72. The van der Waals surface area contributed by atoms with Crippen LogP contribution in [0.2, 0.25) is 0 Å². The Hall–Kier alpha value is -3.59. The standard InChI is InChI=1S/C21H25NO.C16H23NO.C8H15NO2/c1-2-15-22-16-13-20(14-17-22)21(23,18-9-5-3-6-10-18)19-11-7-4-8-12-19;1-3-11-17-12-9-15(10-13-17)16(2,18)14-7-5-4-6-8-14;1-2-11-8(10)7-3-5-9-6-4-7/h2-12,20,23H,1,13-17H2;3-8,15,18H,1,9-13H2,2H3;7,9H,2-6H2,1H3.